The van der Waals surface area contributed by atoms with Crippen LogP contribution in [0.25, 0.3) is 0 Å². The Bertz CT molecular complexity index is 673. The van der Waals surface area contributed by atoms with Gasteiger partial charge in [-0.3, -0.25) is 0 Å². The zero-order valence-electron chi connectivity index (χ0n) is 15.4. The lowest BCUT2D eigenvalue weighted by atomic mass is 10.1. The molecule has 2 aromatic carbocycles. The monoisotopic (exact) mass is 417 g/mol. The summed E-state index contributed by atoms with van der Waals surface area (Å²) >= 11 is 12.4. The maximum absolute atomic E-state index is 6.18. The molecule has 1 N–H and O–H groups in total. The highest BCUT2D eigenvalue weighted by atomic mass is 35.5. The number of nitrogens with one attached hydrogen (secondary N) is 1. The number of rotatable bonds is 9. The van der Waals surface area contributed by atoms with Crippen molar-refractivity contribution < 1.29 is 9.47 Å². The Labute approximate surface area is 172 Å². The lowest BCUT2D eigenvalue weighted by Gasteiger charge is -2.14. The third-order valence-electron chi connectivity index (χ3n) is 3.89. The van der Waals surface area contributed by atoms with Gasteiger partial charge in [0.25, 0.3) is 0 Å². The second-order valence-electron chi connectivity index (χ2n) is 6.33. The van der Waals surface area contributed by atoms with E-state index in [1.165, 1.54) is 0 Å². The molecule has 6 heteroatoms. The van der Waals surface area contributed by atoms with Gasteiger partial charge in [0.15, 0.2) is 11.5 Å². The second kappa shape index (κ2) is 11.6. The molecule has 0 amide bonds. The third kappa shape index (κ3) is 6.88. The van der Waals surface area contributed by atoms with Gasteiger partial charge in [-0.15, -0.1) is 12.4 Å². The van der Waals surface area contributed by atoms with Crippen LogP contribution in [0.1, 0.15) is 31.4 Å². The fourth-order valence-electron chi connectivity index (χ4n) is 2.38. The number of methoxy groups -OCH3 is 1. The summed E-state index contributed by atoms with van der Waals surface area (Å²) in [4.78, 5) is 0. The van der Waals surface area contributed by atoms with Gasteiger partial charge in [0, 0.05) is 22.2 Å². The number of hydrogen-bond donors (Lipinski definition) is 1. The molecule has 0 aromatic heterocycles. The molecule has 0 heterocycles. The van der Waals surface area contributed by atoms with Crippen molar-refractivity contribution in [1.29, 1.82) is 0 Å². The van der Waals surface area contributed by atoms with Crippen molar-refractivity contribution in [1.82, 2.24) is 5.32 Å². The molecule has 0 aliphatic carbocycles. The summed E-state index contributed by atoms with van der Waals surface area (Å²) in [5, 5.41) is 4.64. The van der Waals surface area contributed by atoms with Crippen molar-refractivity contribution in [2.45, 2.75) is 33.4 Å². The highest BCUT2D eigenvalue weighted by molar-refractivity contribution is 6.35. The number of halogens is 3. The first-order valence-electron chi connectivity index (χ1n) is 8.44. The fraction of sp³-hybridized carbons (Fsp3) is 0.400. The predicted octanol–water partition coefficient (Wildman–Crippen LogP) is 6.14. The van der Waals surface area contributed by atoms with Crippen LogP contribution in [0.3, 0.4) is 0 Å². The van der Waals surface area contributed by atoms with Crippen molar-refractivity contribution >= 4 is 35.6 Å². The molecule has 0 saturated heterocycles. The molecule has 2 aromatic rings. The first-order valence-corrected chi connectivity index (χ1v) is 9.20. The van der Waals surface area contributed by atoms with E-state index in [9.17, 15) is 0 Å². The summed E-state index contributed by atoms with van der Waals surface area (Å²) in [5.41, 5.74) is 1.93. The highest BCUT2D eigenvalue weighted by Gasteiger charge is 2.10. The van der Waals surface area contributed by atoms with E-state index in [-0.39, 0.29) is 12.4 Å². The summed E-state index contributed by atoms with van der Waals surface area (Å²) in [6.45, 7) is 6.55. The van der Waals surface area contributed by atoms with E-state index in [1.807, 2.05) is 24.3 Å². The average molecular weight is 419 g/mol. The zero-order chi connectivity index (χ0) is 18.2. The Hall–Kier alpha value is -1.13. The fourth-order valence-corrected chi connectivity index (χ4v) is 2.89. The minimum absolute atomic E-state index is 0. The molecule has 0 spiro atoms. The van der Waals surface area contributed by atoms with Crippen molar-refractivity contribution in [2.75, 3.05) is 13.7 Å². The second-order valence-corrected chi connectivity index (χ2v) is 7.15. The Balaban J connectivity index is 0.00000338. The first kappa shape index (κ1) is 22.9. The Kier molecular flexibility index (Phi) is 10.2. The maximum Gasteiger partial charge on any atom is 0.161 e. The van der Waals surface area contributed by atoms with Gasteiger partial charge in [-0.2, -0.15) is 0 Å². The van der Waals surface area contributed by atoms with Crippen LogP contribution in [0.5, 0.6) is 11.5 Å². The van der Waals surface area contributed by atoms with Crippen LogP contribution in [0, 0.1) is 5.92 Å². The van der Waals surface area contributed by atoms with Gasteiger partial charge in [-0.05, 0) is 48.7 Å². The number of benzene rings is 2. The summed E-state index contributed by atoms with van der Waals surface area (Å²) in [5.74, 6) is 2.07. The Morgan fingerprint density at radius 1 is 1.04 bits per heavy atom. The molecule has 0 aliphatic rings. The van der Waals surface area contributed by atoms with Crippen molar-refractivity contribution in [3.05, 3.63) is 57.6 Å². The minimum Gasteiger partial charge on any atom is -0.493 e. The lowest BCUT2D eigenvalue weighted by Crippen LogP contribution is -2.16. The van der Waals surface area contributed by atoms with Crippen molar-refractivity contribution in [2.24, 2.45) is 5.92 Å². The largest absolute Gasteiger partial charge is 0.493 e. The molecular weight excluding hydrogens is 393 g/mol. The van der Waals surface area contributed by atoms with E-state index in [0.717, 1.165) is 30.6 Å². The van der Waals surface area contributed by atoms with E-state index in [0.29, 0.717) is 34.1 Å². The van der Waals surface area contributed by atoms with Crippen molar-refractivity contribution in [3.8, 4) is 11.5 Å². The van der Waals surface area contributed by atoms with E-state index < -0.39 is 0 Å². The number of hydrogen-bond acceptors (Lipinski definition) is 3. The van der Waals surface area contributed by atoms with Gasteiger partial charge in [-0.1, -0.05) is 49.2 Å². The Morgan fingerprint density at radius 3 is 2.35 bits per heavy atom. The lowest BCUT2D eigenvalue weighted by molar-refractivity contribution is 0.284. The van der Waals surface area contributed by atoms with E-state index in [1.54, 1.807) is 19.2 Å². The van der Waals surface area contributed by atoms with E-state index >= 15 is 0 Å². The van der Waals surface area contributed by atoms with Crippen LogP contribution in [-0.2, 0) is 13.2 Å². The van der Waals surface area contributed by atoms with Crippen LogP contribution < -0.4 is 14.8 Å². The first-order chi connectivity index (χ1) is 12.0. The van der Waals surface area contributed by atoms with Crippen LogP contribution in [0.4, 0.5) is 0 Å². The molecule has 144 valence electrons. The molecule has 0 fully saturated rings. The van der Waals surface area contributed by atoms with Gasteiger partial charge in [0.2, 0.25) is 0 Å². The summed E-state index contributed by atoms with van der Waals surface area (Å²) < 4.78 is 11.3. The SMILES string of the molecule is COc1cc(CNCCC(C)C)ccc1OCc1c(Cl)cccc1Cl.Cl. The predicted molar refractivity (Wildman–Crippen MR) is 112 cm³/mol. The topological polar surface area (TPSA) is 30.5 Å². The molecule has 0 atom stereocenters. The van der Waals surface area contributed by atoms with E-state index in [2.05, 4.69) is 19.2 Å². The van der Waals surface area contributed by atoms with Crippen LogP contribution in [-0.4, -0.2) is 13.7 Å². The molecule has 26 heavy (non-hydrogen) atoms. The smallest absolute Gasteiger partial charge is 0.161 e. The van der Waals surface area contributed by atoms with Gasteiger partial charge in [0.05, 0.1) is 7.11 Å². The molecule has 0 radical (unpaired) electrons. The molecule has 3 nitrogen and oxygen atoms in total. The van der Waals surface area contributed by atoms with Crippen LogP contribution in [0.15, 0.2) is 36.4 Å². The molecule has 0 aliphatic heterocycles. The molecule has 0 bridgehead atoms. The normalized spacial score (nSPS) is 10.5. The zero-order valence-corrected chi connectivity index (χ0v) is 17.7. The van der Waals surface area contributed by atoms with E-state index in [4.69, 9.17) is 32.7 Å². The molecule has 2 rings (SSSR count). The van der Waals surface area contributed by atoms with Gasteiger partial charge < -0.3 is 14.8 Å². The van der Waals surface area contributed by atoms with Gasteiger partial charge in [-0.25, -0.2) is 0 Å². The third-order valence-corrected chi connectivity index (χ3v) is 4.60. The van der Waals surface area contributed by atoms with Gasteiger partial charge in [0.1, 0.15) is 6.61 Å². The molecular formula is C20H26Cl3NO2. The quantitative estimate of drug-likeness (QED) is 0.496. The highest BCUT2D eigenvalue weighted by Crippen LogP contribution is 2.31. The summed E-state index contributed by atoms with van der Waals surface area (Å²) in [7, 11) is 1.64. The minimum atomic E-state index is 0. The average Bonchev–Trinajstić information content (AvgIpc) is 2.58. The summed E-state index contributed by atoms with van der Waals surface area (Å²) in [6.07, 6.45) is 1.16. The van der Waals surface area contributed by atoms with Crippen molar-refractivity contribution in [3.63, 3.8) is 0 Å². The number of ether oxygens (including phenoxy) is 2. The van der Waals surface area contributed by atoms with Crippen LogP contribution >= 0.6 is 35.6 Å². The van der Waals surface area contributed by atoms with Crippen LogP contribution in [0.2, 0.25) is 10.0 Å². The standard InChI is InChI=1S/C20H25Cl2NO2.ClH/c1-14(2)9-10-23-12-15-7-8-19(20(11-15)24-3)25-13-16-17(21)5-4-6-18(16)22;/h4-8,11,14,23H,9-10,12-13H2,1-3H3;1H. The summed E-state index contributed by atoms with van der Waals surface area (Å²) in [6, 6.07) is 11.4. The molecule has 0 saturated carbocycles. The Morgan fingerprint density at radius 2 is 1.73 bits per heavy atom. The van der Waals surface area contributed by atoms with Gasteiger partial charge >= 0.3 is 0 Å². The maximum atomic E-state index is 6.18. The molecule has 0 unspecified atom stereocenters.